The van der Waals surface area contributed by atoms with Crippen LogP contribution in [0.1, 0.15) is 0 Å². The van der Waals surface area contributed by atoms with Crippen LogP contribution in [0.25, 0.3) is 22.0 Å². The molecule has 21 heavy (non-hydrogen) atoms. The Labute approximate surface area is 117 Å². The third-order valence-electron chi connectivity index (χ3n) is 3.19. The Morgan fingerprint density at radius 1 is 0.952 bits per heavy atom. The molecule has 0 aliphatic rings. The average molecular weight is 288 g/mol. The van der Waals surface area contributed by atoms with E-state index in [0.29, 0.717) is 16.9 Å². The summed E-state index contributed by atoms with van der Waals surface area (Å²) in [5.74, 6) is -2.15. The number of rotatable bonds is 1. The maximum atomic E-state index is 13.5. The van der Waals surface area contributed by atoms with E-state index in [-0.39, 0.29) is 16.5 Å². The Balaban J connectivity index is 2.37. The molecule has 0 saturated carbocycles. The number of nitrogens with two attached hydrogens (primary N) is 2. The van der Waals surface area contributed by atoms with Gasteiger partial charge in [0.05, 0.1) is 22.5 Å². The Bertz CT molecular complexity index is 921. The lowest BCUT2D eigenvalue weighted by atomic mass is 10.0. The molecule has 5 N–H and O–H groups in total. The Hall–Kier alpha value is -2.96. The smallest absolute Gasteiger partial charge is 0.272 e. The van der Waals surface area contributed by atoms with E-state index in [9.17, 15) is 13.6 Å². The zero-order valence-corrected chi connectivity index (χ0v) is 10.7. The maximum Gasteiger partial charge on any atom is 0.272 e. The average Bonchev–Trinajstić information content (AvgIpc) is 2.45. The van der Waals surface area contributed by atoms with Gasteiger partial charge in [0.15, 0.2) is 11.6 Å². The molecule has 0 unspecified atom stereocenters. The standard InChI is InChI=1S/C14H10F2N4O/c15-9-4-7-8(5-10(9)16)14(21)20-19-13(7)6-1-2-11(17)12(18)3-6/h1-5H,17-18H2,(H,20,21). The highest BCUT2D eigenvalue weighted by Gasteiger charge is 2.13. The van der Waals surface area contributed by atoms with E-state index in [1.807, 2.05) is 0 Å². The summed E-state index contributed by atoms with van der Waals surface area (Å²) in [6, 6.07) is 6.54. The number of hydrogen-bond acceptors (Lipinski definition) is 4. The summed E-state index contributed by atoms with van der Waals surface area (Å²) in [6.45, 7) is 0. The maximum absolute atomic E-state index is 13.5. The van der Waals surface area contributed by atoms with Crippen LogP contribution in [0, 0.1) is 11.6 Å². The third kappa shape index (κ3) is 2.08. The molecule has 7 heteroatoms. The number of nitrogens with zero attached hydrogens (tertiary/aromatic N) is 1. The van der Waals surface area contributed by atoms with E-state index in [2.05, 4.69) is 10.2 Å². The lowest BCUT2D eigenvalue weighted by Gasteiger charge is -2.07. The SMILES string of the molecule is Nc1ccc(-c2n[nH]c(=O)c3cc(F)c(F)cc23)cc1N. The minimum absolute atomic E-state index is 0.00861. The first-order chi connectivity index (χ1) is 9.97. The number of aromatic nitrogens is 2. The molecule has 0 atom stereocenters. The summed E-state index contributed by atoms with van der Waals surface area (Å²) >= 11 is 0. The number of H-pyrrole nitrogens is 1. The molecular formula is C14H10F2N4O. The minimum Gasteiger partial charge on any atom is -0.397 e. The van der Waals surface area contributed by atoms with E-state index in [1.165, 1.54) is 0 Å². The van der Waals surface area contributed by atoms with Crippen molar-refractivity contribution < 1.29 is 8.78 Å². The molecule has 5 nitrogen and oxygen atoms in total. The number of hydrogen-bond donors (Lipinski definition) is 3. The van der Waals surface area contributed by atoms with Crippen molar-refractivity contribution in [1.82, 2.24) is 10.2 Å². The van der Waals surface area contributed by atoms with Gasteiger partial charge >= 0.3 is 0 Å². The van der Waals surface area contributed by atoms with Gasteiger partial charge in [-0.3, -0.25) is 4.79 Å². The number of anilines is 2. The number of nitrogens with one attached hydrogen (secondary N) is 1. The van der Waals surface area contributed by atoms with Gasteiger partial charge in [0.2, 0.25) is 0 Å². The van der Waals surface area contributed by atoms with Gasteiger partial charge in [-0.1, -0.05) is 6.07 Å². The van der Waals surface area contributed by atoms with Gasteiger partial charge in [0, 0.05) is 10.9 Å². The number of aromatic amines is 1. The molecule has 0 amide bonds. The number of fused-ring (bicyclic) bond motifs is 1. The van der Waals surface area contributed by atoms with Crippen molar-refractivity contribution in [3.63, 3.8) is 0 Å². The molecule has 0 radical (unpaired) electrons. The first kappa shape index (κ1) is 13.0. The summed E-state index contributed by atoms with van der Waals surface area (Å²) in [5.41, 5.74) is 12.3. The van der Waals surface area contributed by atoms with Crippen LogP contribution in [0.5, 0.6) is 0 Å². The highest BCUT2D eigenvalue weighted by atomic mass is 19.2. The highest BCUT2D eigenvalue weighted by Crippen LogP contribution is 2.29. The van der Waals surface area contributed by atoms with Crippen molar-refractivity contribution in [2.75, 3.05) is 11.5 Å². The van der Waals surface area contributed by atoms with Gasteiger partial charge in [-0.15, -0.1) is 0 Å². The monoisotopic (exact) mass is 288 g/mol. The minimum atomic E-state index is -1.10. The number of benzene rings is 2. The fourth-order valence-electron chi connectivity index (χ4n) is 2.10. The van der Waals surface area contributed by atoms with Crippen molar-refractivity contribution in [3.8, 4) is 11.3 Å². The summed E-state index contributed by atoms with van der Waals surface area (Å²) < 4.78 is 26.8. The van der Waals surface area contributed by atoms with Gasteiger partial charge < -0.3 is 11.5 Å². The van der Waals surface area contributed by atoms with E-state index in [1.54, 1.807) is 18.2 Å². The van der Waals surface area contributed by atoms with Crippen LogP contribution >= 0.6 is 0 Å². The molecule has 0 saturated heterocycles. The molecule has 106 valence electrons. The van der Waals surface area contributed by atoms with Gasteiger partial charge in [-0.2, -0.15) is 5.10 Å². The van der Waals surface area contributed by atoms with E-state index < -0.39 is 17.2 Å². The second kappa shape index (κ2) is 4.55. The summed E-state index contributed by atoms with van der Waals surface area (Å²) in [4.78, 5) is 11.7. The summed E-state index contributed by atoms with van der Waals surface area (Å²) in [7, 11) is 0. The first-order valence-electron chi connectivity index (χ1n) is 6.00. The van der Waals surface area contributed by atoms with Crippen molar-refractivity contribution in [2.45, 2.75) is 0 Å². The van der Waals surface area contributed by atoms with Crippen LogP contribution in [0.4, 0.5) is 20.2 Å². The molecule has 0 aliphatic carbocycles. The predicted octanol–water partition coefficient (Wildman–Crippen LogP) is 2.03. The zero-order chi connectivity index (χ0) is 15.1. The van der Waals surface area contributed by atoms with Crippen LogP contribution < -0.4 is 17.0 Å². The molecule has 2 aromatic carbocycles. The fraction of sp³-hybridized carbons (Fsp3) is 0. The molecule has 0 fully saturated rings. The van der Waals surface area contributed by atoms with Crippen molar-refractivity contribution >= 4 is 22.1 Å². The fourth-order valence-corrected chi connectivity index (χ4v) is 2.10. The first-order valence-corrected chi connectivity index (χ1v) is 6.00. The lowest BCUT2D eigenvalue weighted by Crippen LogP contribution is -2.10. The zero-order valence-electron chi connectivity index (χ0n) is 10.7. The van der Waals surface area contributed by atoms with Crippen LogP contribution in [0.3, 0.4) is 0 Å². The molecule has 1 aromatic heterocycles. The molecule has 0 aliphatic heterocycles. The topological polar surface area (TPSA) is 97.8 Å². The third-order valence-corrected chi connectivity index (χ3v) is 3.19. The van der Waals surface area contributed by atoms with Crippen molar-refractivity contribution in [1.29, 1.82) is 0 Å². The number of halogens is 2. The van der Waals surface area contributed by atoms with Gasteiger partial charge in [0.1, 0.15) is 0 Å². The quantitative estimate of drug-likeness (QED) is 0.597. The molecule has 0 spiro atoms. The van der Waals surface area contributed by atoms with Crippen LogP contribution in [0.15, 0.2) is 35.1 Å². The van der Waals surface area contributed by atoms with Gasteiger partial charge in [-0.25, -0.2) is 13.9 Å². The molecule has 3 aromatic rings. The Kier molecular flexibility index (Phi) is 2.83. The normalized spacial score (nSPS) is 11.0. The summed E-state index contributed by atoms with van der Waals surface area (Å²) in [5, 5.41) is 6.36. The van der Waals surface area contributed by atoms with E-state index in [4.69, 9.17) is 11.5 Å². The van der Waals surface area contributed by atoms with Crippen molar-refractivity contribution in [3.05, 3.63) is 52.3 Å². The highest BCUT2D eigenvalue weighted by molar-refractivity contribution is 5.94. The lowest BCUT2D eigenvalue weighted by molar-refractivity contribution is 0.511. The second-order valence-corrected chi connectivity index (χ2v) is 4.56. The van der Waals surface area contributed by atoms with E-state index in [0.717, 1.165) is 12.1 Å². The number of nitrogen functional groups attached to an aromatic ring is 2. The molecule has 3 rings (SSSR count). The van der Waals surface area contributed by atoms with Crippen LogP contribution in [-0.4, -0.2) is 10.2 Å². The van der Waals surface area contributed by atoms with E-state index >= 15 is 0 Å². The van der Waals surface area contributed by atoms with Gasteiger partial charge in [-0.05, 0) is 24.3 Å². The van der Waals surface area contributed by atoms with Crippen LogP contribution in [0.2, 0.25) is 0 Å². The Morgan fingerprint density at radius 3 is 2.29 bits per heavy atom. The molecule has 1 heterocycles. The predicted molar refractivity (Wildman–Crippen MR) is 76.5 cm³/mol. The van der Waals surface area contributed by atoms with Crippen molar-refractivity contribution in [2.24, 2.45) is 0 Å². The molecule has 0 bridgehead atoms. The van der Waals surface area contributed by atoms with Gasteiger partial charge in [0.25, 0.3) is 5.56 Å². The van der Waals surface area contributed by atoms with Crippen LogP contribution in [-0.2, 0) is 0 Å². The Morgan fingerprint density at radius 2 is 1.62 bits per heavy atom. The largest absolute Gasteiger partial charge is 0.397 e. The summed E-state index contributed by atoms with van der Waals surface area (Å²) in [6.07, 6.45) is 0. The second-order valence-electron chi connectivity index (χ2n) is 4.56. The molecular weight excluding hydrogens is 278 g/mol.